The van der Waals surface area contributed by atoms with E-state index in [2.05, 4.69) is 20.8 Å². The summed E-state index contributed by atoms with van der Waals surface area (Å²) in [6.07, 6.45) is 29.2. The second-order valence-electron chi connectivity index (χ2n) is 14.1. The van der Waals surface area contributed by atoms with E-state index in [4.69, 9.17) is 18.3 Å². The average molecular weight is 775 g/mol. The summed E-state index contributed by atoms with van der Waals surface area (Å²) in [7, 11) is -8.62. The Morgan fingerprint density at radius 1 is 0.500 bits per heavy atom. The lowest BCUT2D eigenvalue weighted by Gasteiger charge is -2.17. The van der Waals surface area contributed by atoms with Gasteiger partial charge >= 0.3 is 0 Å². The van der Waals surface area contributed by atoms with Crippen molar-refractivity contribution in [3.05, 3.63) is 47.3 Å². The van der Waals surface area contributed by atoms with Crippen molar-refractivity contribution < 1.29 is 44.2 Å². The molecule has 0 saturated heterocycles. The zero-order valence-corrected chi connectivity index (χ0v) is 34.2. The number of furan rings is 2. The van der Waals surface area contributed by atoms with Gasteiger partial charge in [-0.1, -0.05) is 149 Å². The fourth-order valence-electron chi connectivity index (χ4n) is 6.01. The van der Waals surface area contributed by atoms with Crippen LogP contribution in [0.25, 0.3) is 0 Å². The Labute approximate surface area is 316 Å². The molecule has 0 aliphatic rings. The van der Waals surface area contributed by atoms with Crippen molar-refractivity contribution in [2.24, 2.45) is 0 Å². The molecule has 10 nitrogen and oxygen atoms in total. The molecule has 2 rings (SSSR count). The predicted molar refractivity (Wildman–Crippen MR) is 206 cm³/mol. The molecular formula is C40H70O10S2-2. The molecular weight excluding hydrogens is 705 g/mol. The molecule has 1 unspecified atom stereocenters. The van der Waals surface area contributed by atoms with Crippen LogP contribution in [0.1, 0.15) is 191 Å². The molecule has 2 aromatic heterocycles. The van der Waals surface area contributed by atoms with Crippen molar-refractivity contribution in [1.82, 2.24) is 0 Å². The van der Waals surface area contributed by atoms with E-state index in [1.807, 2.05) is 0 Å². The second-order valence-corrected chi connectivity index (χ2v) is 16.9. The third-order valence-electron chi connectivity index (χ3n) is 8.93. The van der Waals surface area contributed by atoms with E-state index in [9.17, 15) is 25.9 Å². The van der Waals surface area contributed by atoms with Crippen LogP contribution in [0.3, 0.4) is 0 Å². The lowest BCUT2D eigenvalue weighted by molar-refractivity contribution is 0.0171. The first-order valence-electron chi connectivity index (χ1n) is 20.2. The van der Waals surface area contributed by atoms with Gasteiger partial charge in [0.15, 0.2) is 0 Å². The Morgan fingerprint density at radius 2 is 0.846 bits per heavy atom. The highest BCUT2D eigenvalue weighted by Crippen LogP contribution is 2.19. The minimum atomic E-state index is -4.32. The molecule has 1 atom stereocenters. The van der Waals surface area contributed by atoms with Crippen molar-refractivity contribution >= 4 is 20.2 Å². The van der Waals surface area contributed by atoms with E-state index in [0.717, 1.165) is 19.3 Å². The van der Waals surface area contributed by atoms with E-state index >= 15 is 0 Å². The zero-order valence-electron chi connectivity index (χ0n) is 32.6. The molecule has 2 aromatic rings. The summed E-state index contributed by atoms with van der Waals surface area (Å²) in [5, 5.41) is 0. The summed E-state index contributed by atoms with van der Waals surface area (Å²) in [5.74, 6) is 0.272. The number of ether oxygens (including phenoxy) is 2. The van der Waals surface area contributed by atoms with Crippen LogP contribution >= 0.6 is 0 Å². The molecule has 52 heavy (non-hydrogen) atoms. The fourth-order valence-corrected chi connectivity index (χ4v) is 7.01. The summed E-state index contributed by atoms with van der Waals surface area (Å²) in [6.45, 7) is 7.99. The number of hydrogen-bond acceptors (Lipinski definition) is 10. The molecule has 0 aliphatic heterocycles. The number of rotatable bonds is 33. The molecule has 0 spiro atoms. The van der Waals surface area contributed by atoms with Gasteiger partial charge in [-0.3, -0.25) is 0 Å². The molecule has 0 saturated carbocycles. The van der Waals surface area contributed by atoms with Gasteiger partial charge in [0.1, 0.15) is 56.5 Å². The third-order valence-corrected chi connectivity index (χ3v) is 10.2. The normalized spacial score (nSPS) is 12.6. The zero-order chi connectivity index (χ0) is 38.3. The number of hydrogen-bond donors (Lipinski definition) is 0. The third kappa shape index (κ3) is 29.7. The van der Waals surface area contributed by atoms with Crippen molar-refractivity contribution in [1.29, 1.82) is 0 Å². The minimum absolute atomic E-state index is 0.170. The maximum absolute atomic E-state index is 10.8. The van der Waals surface area contributed by atoms with Crippen LogP contribution in [0.5, 0.6) is 0 Å². The first kappa shape index (κ1) is 48.3. The van der Waals surface area contributed by atoms with Gasteiger partial charge in [0, 0.05) is 6.61 Å². The molecule has 0 aromatic carbocycles. The first-order valence-corrected chi connectivity index (χ1v) is 23.3. The molecule has 0 radical (unpaired) electrons. The highest BCUT2D eigenvalue weighted by atomic mass is 32.2. The fraction of sp³-hybridized carbons (Fsp3) is 0.800. The summed E-state index contributed by atoms with van der Waals surface area (Å²) in [4.78, 5) is 0. The molecule has 0 aliphatic carbocycles. The maximum Gasteiger partial charge on any atom is 0.129 e. The van der Waals surface area contributed by atoms with Crippen LogP contribution in [0, 0.1) is 0 Å². The van der Waals surface area contributed by atoms with Crippen molar-refractivity contribution in [3.63, 3.8) is 0 Å². The monoisotopic (exact) mass is 774 g/mol. The van der Waals surface area contributed by atoms with E-state index in [1.165, 1.54) is 141 Å². The Balaban J connectivity index is 0.000000520. The maximum atomic E-state index is 10.8. The van der Waals surface area contributed by atoms with Gasteiger partial charge in [0.05, 0.1) is 17.6 Å². The SMILES string of the molecule is CCCCCCCC(CCCCCC)OCc1ccc(CS(=O)(=O)[O-])o1.CCCCCCCCCCCCCCOCc1ccc(CS(=O)(=O)[O-])o1. The van der Waals surface area contributed by atoms with Crippen molar-refractivity contribution in [2.75, 3.05) is 6.61 Å². The molecule has 0 N–H and O–H groups in total. The lowest BCUT2D eigenvalue weighted by atomic mass is 10.0. The van der Waals surface area contributed by atoms with E-state index < -0.39 is 31.7 Å². The number of unbranched alkanes of at least 4 members (excludes halogenated alkanes) is 18. The van der Waals surface area contributed by atoms with E-state index in [-0.39, 0.29) is 17.6 Å². The van der Waals surface area contributed by atoms with Crippen LogP contribution in [0.4, 0.5) is 0 Å². The summed E-state index contributed by atoms with van der Waals surface area (Å²) < 4.78 is 86.6. The first-order chi connectivity index (χ1) is 25.0. The summed E-state index contributed by atoms with van der Waals surface area (Å²) in [6, 6.07) is 6.39. The second kappa shape index (κ2) is 30.6. The van der Waals surface area contributed by atoms with Crippen LogP contribution in [0.2, 0.25) is 0 Å². The van der Waals surface area contributed by atoms with Gasteiger partial charge in [-0.15, -0.1) is 0 Å². The standard InChI is InChI=1S/2C20H36O5S/c1-3-5-7-9-11-13-18(12-10-8-6-4-2)24-16-19-14-15-20(25-19)17-26(21,22)23;1-2-3-4-5-6-7-8-9-10-11-12-13-16-24-17-19-14-15-20(25-19)18-26(21,22)23/h14-15,18H,3-13,16-17H2,1-2H3,(H,21,22,23);14-15H,2-13,16-18H2,1H3,(H,21,22,23)/p-2. The van der Waals surface area contributed by atoms with Crippen molar-refractivity contribution in [3.8, 4) is 0 Å². The predicted octanol–water partition coefficient (Wildman–Crippen LogP) is 11.1. The minimum Gasteiger partial charge on any atom is -0.748 e. The molecule has 0 amide bonds. The van der Waals surface area contributed by atoms with E-state index in [1.54, 1.807) is 12.1 Å². The molecule has 2 heterocycles. The Bertz CT molecular complexity index is 1320. The van der Waals surface area contributed by atoms with Crippen LogP contribution < -0.4 is 0 Å². The smallest absolute Gasteiger partial charge is 0.129 e. The Hall–Kier alpha value is -1.70. The van der Waals surface area contributed by atoms with Gasteiger partial charge in [-0.2, -0.15) is 0 Å². The molecule has 12 heteroatoms. The Kier molecular flexibility index (Phi) is 28.4. The topological polar surface area (TPSA) is 159 Å². The van der Waals surface area contributed by atoms with Gasteiger partial charge in [-0.05, 0) is 43.5 Å². The van der Waals surface area contributed by atoms with Gasteiger partial charge in [0.25, 0.3) is 0 Å². The molecule has 304 valence electrons. The van der Waals surface area contributed by atoms with Crippen LogP contribution in [-0.2, 0) is 54.4 Å². The molecule has 0 fully saturated rings. The van der Waals surface area contributed by atoms with Crippen molar-refractivity contribution in [2.45, 2.75) is 199 Å². The quantitative estimate of drug-likeness (QED) is 0.0504. The largest absolute Gasteiger partial charge is 0.748 e. The lowest BCUT2D eigenvalue weighted by Crippen LogP contribution is -2.13. The average Bonchev–Trinajstić information content (AvgIpc) is 3.72. The van der Waals surface area contributed by atoms with Gasteiger partial charge in [-0.25, -0.2) is 16.8 Å². The molecule has 0 bridgehead atoms. The van der Waals surface area contributed by atoms with Gasteiger partial charge < -0.3 is 27.4 Å². The van der Waals surface area contributed by atoms with Crippen LogP contribution in [0.15, 0.2) is 33.1 Å². The van der Waals surface area contributed by atoms with E-state index in [0.29, 0.717) is 31.3 Å². The highest BCUT2D eigenvalue weighted by molar-refractivity contribution is 7.85. The highest BCUT2D eigenvalue weighted by Gasteiger charge is 2.12. The summed E-state index contributed by atoms with van der Waals surface area (Å²) >= 11 is 0. The van der Waals surface area contributed by atoms with Gasteiger partial charge in [0.2, 0.25) is 0 Å². The van der Waals surface area contributed by atoms with Crippen LogP contribution in [-0.4, -0.2) is 38.7 Å². The summed E-state index contributed by atoms with van der Waals surface area (Å²) in [5.41, 5.74) is 0. The Morgan fingerprint density at radius 3 is 1.27 bits per heavy atom.